The lowest BCUT2D eigenvalue weighted by atomic mass is 9.93. The first-order valence-electron chi connectivity index (χ1n) is 21.0. The summed E-state index contributed by atoms with van der Waals surface area (Å²) in [5.41, 5.74) is 4.85. The van der Waals surface area contributed by atoms with E-state index in [1.54, 1.807) is 37.4 Å². The van der Waals surface area contributed by atoms with Gasteiger partial charge >= 0.3 is 0 Å². The number of rotatable bonds is 10. The summed E-state index contributed by atoms with van der Waals surface area (Å²) in [5, 5.41) is 10.4. The van der Waals surface area contributed by atoms with Gasteiger partial charge in [-0.25, -0.2) is 4.98 Å². The summed E-state index contributed by atoms with van der Waals surface area (Å²) in [5.74, 6) is -1.22. The highest BCUT2D eigenvalue weighted by Crippen LogP contribution is 2.38. The zero-order valence-corrected chi connectivity index (χ0v) is 34.8. The Morgan fingerprint density at radius 3 is 2.45 bits per heavy atom. The number of nitrogens with zero attached hydrogens (tertiary/aromatic N) is 6. The second-order valence-electron chi connectivity index (χ2n) is 17.1. The molecule has 4 aliphatic rings. The van der Waals surface area contributed by atoms with Crippen LogP contribution < -0.4 is 16.0 Å². The molecule has 1 unspecified atom stereocenters. The molecule has 7 heterocycles. The fourth-order valence-electron chi connectivity index (χ4n) is 8.83. The molecule has 0 spiro atoms. The van der Waals surface area contributed by atoms with Crippen molar-refractivity contribution in [1.82, 2.24) is 40.0 Å². The first kappa shape index (κ1) is 40.6. The lowest BCUT2D eigenvalue weighted by Gasteiger charge is -2.30. The summed E-state index contributed by atoms with van der Waals surface area (Å²) >= 11 is 0. The van der Waals surface area contributed by atoms with E-state index in [1.165, 1.54) is 0 Å². The molecule has 2 saturated heterocycles. The normalized spacial score (nSPS) is 18.1. The van der Waals surface area contributed by atoms with Gasteiger partial charge in [-0.3, -0.25) is 49.0 Å². The zero-order valence-electron chi connectivity index (χ0n) is 34.8. The Morgan fingerprint density at radius 2 is 1.69 bits per heavy atom. The van der Waals surface area contributed by atoms with Gasteiger partial charge in [-0.2, -0.15) is 0 Å². The SMILES string of the molecule is CC(=O)N1CCn2c(C3CCOCC3)nc(-c3cccc4cc(-c5ccc(C(=O)NCC(C)(C)CNc6cccc7c6C(=O)N(C6CCC(=O)NC6=O)C7=O)nc5)ncc34)c2C1. The monoisotopic (exact) mass is 837 g/mol. The van der Waals surface area contributed by atoms with Crippen LogP contribution in [0.15, 0.2) is 67.0 Å². The van der Waals surface area contributed by atoms with E-state index in [9.17, 15) is 28.8 Å². The van der Waals surface area contributed by atoms with E-state index in [0.29, 0.717) is 56.7 Å². The van der Waals surface area contributed by atoms with E-state index in [1.807, 2.05) is 49.2 Å². The summed E-state index contributed by atoms with van der Waals surface area (Å²) in [4.78, 5) is 94.1. The van der Waals surface area contributed by atoms with Gasteiger partial charge in [0.15, 0.2) is 0 Å². The summed E-state index contributed by atoms with van der Waals surface area (Å²) in [6.45, 7) is 9.40. The number of fused-ring (bicyclic) bond motifs is 3. The number of hydrogen-bond acceptors (Lipinski definition) is 11. The molecule has 5 aromatic rings. The highest BCUT2D eigenvalue weighted by Gasteiger charge is 2.45. The van der Waals surface area contributed by atoms with Gasteiger partial charge in [-0.05, 0) is 60.4 Å². The van der Waals surface area contributed by atoms with E-state index in [0.717, 1.165) is 56.9 Å². The van der Waals surface area contributed by atoms with Gasteiger partial charge in [0, 0.05) is 93.2 Å². The molecule has 0 radical (unpaired) electrons. The van der Waals surface area contributed by atoms with Crippen molar-refractivity contribution in [3.05, 3.63) is 95.3 Å². The number of pyridine rings is 2. The van der Waals surface area contributed by atoms with Crippen molar-refractivity contribution in [3.63, 3.8) is 0 Å². The number of carbonyl (C=O) groups excluding carboxylic acids is 6. The Bertz CT molecular complexity index is 2670. The Morgan fingerprint density at radius 1 is 0.903 bits per heavy atom. The molecular weight excluding hydrogens is 791 g/mol. The number of piperidine rings is 1. The van der Waals surface area contributed by atoms with Crippen LogP contribution in [0.1, 0.15) is 95.1 Å². The van der Waals surface area contributed by atoms with Crippen LogP contribution in [0, 0.1) is 5.41 Å². The topological polar surface area (TPSA) is 198 Å². The van der Waals surface area contributed by atoms with Crippen molar-refractivity contribution in [3.8, 4) is 22.5 Å². The van der Waals surface area contributed by atoms with E-state index in [2.05, 4.69) is 31.6 Å². The molecule has 0 aliphatic carbocycles. The smallest absolute Gasteiger partial charge is 0.269 e. The molecule has 0 saturated carbocycles. The molecule has 16 heteroatoms. The predicted octanol–water partition coefficient (Wildman–Crippen LogP) is 4.69. The third-order valence-corrected chi connectivity index (χ3v) is 12.3. The van der Waals surface area contributed by atoms with Crippen LogP contribution in [0.2, 0.25) is 0 Å². The van der Waals surface area contributed by atoms with E-state index >= 15 is 0 Å². The van der Waals surface area contributed by atoms with Gasteiger partial charge < -0.3 is 24.8 Å². The quantitative estimate of drug-likeness (QED) is 0.165. The molecule has 1 atom stereocenters. The number of aromatic nitrogens is 4. The van der Waals surface area contributed by atoms with Crippen LogP contribution in [0.3, 0.4) is 0 Å². The Labute approximate surface area is 357 Å². The average Bonchev–Trinajstić information content (AvgIpc) is 3.78. The molecule has 16 nitrogen and oxygen atoms in total. The van der Waals surface area contributed by atoms with E-state index in [-0.39, 0.29) is 48.0 Å². The minimum atomic E-state index is -1.06. The average molecular weight is 838 g/mol. The van der Waals surface area contributed by atoms with Crippen molar-refractivity contribution in [2.45, 2.75) is 71.5 Å². The second kappa shape index (κ2) is 16.2. The largest absolute Gasteiger partial charge is 0.384 e. The van der Waals surface area contributed by atoms with Gasteiger partial charge in [0.1, 0.15) is 17.6 Å². The fraction of sp³-hybridized carbons (Fsp3) is 0.370. The number of imidazole rings is 1. The van der Waals surface area contributed by atoms with Gasteiger partial charge in [-0.1, -0.05) is 38.1 Å². The molecular formula is C46H47N9O7. The second-order valence-corrected chi connectivity index (χ2v) is 17.1. The standard InChI is InChI=1S/C46H47N9O7/c1-26(56)53-16-17-54-37(23-53)40(52-41(54)27-14-18-62-19-15-27)30-7-4-6-28-20-35(48-22-32(28)30)29-10-11-34(47-21-29)42(58)50-25-46(2,3)24-49-33-9-5-8-31-39(33)45(61)55(44(31)60)36-12-13-38(57)51-43(36)59/h4-11,20-22,27,36,49H,12-19,23-25H2,1-3H3,(H,50,58)(H,51,57,59). The highest BCUT2D eigenvalue weighted by molar-refractivity contribution is 6.25. The van der Waals surface area contributed by atoms with Crippen LogP contribution in [0.25, 0.3) is 33.3 Å². The molecule has 3 N–H and O–H groups in total. The molecule has 3 aromatic heterocycles. The Hall–Kier alpha value is -6.81. The predicted molar refractivity (Wildman–Crippen MR) is 228 cm³/mol. The molecule has 2 fully saturated rings. The van der Waals surface area contributed by atoms with Gasteiger partial charge in [0.25, 0.3) is 17.7 Å². The number of hydrogen-bond donors (Lipinski definition) is 3. The number of imide groups is 2. The zero-order chi connectivity index (χ0) is 43.3. The molecule has 6 amide bonds. The van der Waals surface area contributed by atoms with Crippen molar-refractivity contribution in [1.29, 1.82) is 0 Å². The third-order valence-electron chi connectivity index (χ3n) is 12.3. The molecule has 0 bridgehead atoms. The minimum Gasteiger partial charge on any atom is -0.384 e. The van der Waals surface area contributed by atoms with Crippen LogP contribution in [0.4, 0.5) is 5.69 Å². The maximum absolute atomic E-state index is 13.5. The van der Waals surface area contributed by atoms with E-state index < -0.39 is 35.1 Å². The Kier molecular flexibility index (Phi) is 10.6. The van der Waals surface area contributed by atoms with Crippen molar-refractivity contribution in [2.24, 2.45) is 5.41 Å². The maximum atomic E-state index is 13.5. The highest BCUT2D eigenvalue weighted by atomic mass is 16.5. The molecule has 9 rings (SSSR count). The summed E-state index contributed by atoms with van der Waals surface area (Å²) in [7, 11) is 0. The molecule has 318 valence electrons. The fourth-order valence-corrected chi connectivity index (χ4v) is 8.83. The number of carbonyl (C=O) groups is 6. The van der Waals surface area contributed by atoms with Gasteiger partial charge in [-0.15, -0.1) is 0 Å². The number of ether oxygens (including phenoxy) is 1. The first-order valence-corrected chi connectivity index (χ1v) is 21.0. The van der Waals surface area contributed by atoms with Gasteiger partial charge in [0.2, 0.25) is 17.7 Å². The molecule has 4 aliphatic heterocycles. The van der Waals surface area contributed by atoms with Crippen LogP contribution in [-0.2, 0) is 32.2 Å². The lowest BCUT2D eigenvalue weighted by Crippen LogP contribution is -2.54. The van der Waals surface area contributed by atoms with Crippen LogP contribution >= 0.6 is 0 Å². The molecule has 62 heavy (non-hydrogen) atoms. The lowest BCUT2D eigenvalue weighted by molar-refractivity contribution is -0.136. The van der Waals surface area contributed by atoms with Crippen molar-refractivity contribution in [2.75, 3.05) is 38.2 Å². The maximum Gasteiger partial charge on any atom is 0.269 e. The number of anilines is 1. The molecule has 2 aromatic carbocycles. The van der Waals surface area contributed by atoms with Crippen LogP contribution in [0.5, 0.6) is 0 Å². The van der Waals surface area contributed by atoms with Crippen LogP contribution in [-0.4, -0.2) is 104 Å². The van der Waals surface area contributed by atoms with E-state index in [4.69, 9.17) is 14.7 Å². The minimum absolute atomic E-state index is 0.0374. The summed E-state index contributed by atoms with van der Waals surface area (Å²) in [6.07, 6.45) is 5.43. The summed E-state index contributed by atoms with van der Waals surface area (Å²) in [6, 6.07) is 15.5. The summed E-state index contributed by atoms with van der Waals surface area (Å²) < 4.78 is 7.97. The van der Waals surface area contributed by atoms with Gasteiger partial charge in [0.05, 0.1) is 34.8 Å². The first-order chi connectivity index (χ1) is 29.9. The van der Waals surface area contributed by atoms with Crippen molar-refractivity contribution >= 4 is 51.9 Å². The van der Waals surface area contributed by atoms with Crippen molar-refractivity contribution < 1.29 is 33.5 Å². The number of amides is 6. The number of benzene rings is 2. The third kappa shape index (κ3) is 7.59. The number of nitrogens with one attached hydrogen (secondary N) is 3. The Balaban J connectivity index is 0.864.